The molecule has 5 aromatic rings. The molecule has 0 atom stereocenters. The van der Waals surface area contributed by atoms with E-state index in [4.69, 9.17) is 4.98 Å². The Morgan fingerprint density at radius 2 is 1.75 bits per heavy atom. The Morgan fingerprint density at radius 3 is 2.53 bits per heavy atom. The molecule has 1 N–H and O–H groups in total. The zero-order valence-corrected chi connectivity index (χ0v) is 17.2. The second-order valence-electron chi connectivity index (χ2n) is 7.57. The number of anilines is 1. The number of pyridine rings is 1. The van der Waals surface area contributed by atoms with Crippen LogP contribution in [0.2, 0.25) is 0 Å². The van der Waals surface area contributed by atoms with E-state index in [1.54, 1.807) is 29.0 Å². The predicted octanol–water partition coefficient (Wildman–Crippen LogP) is 4.40. The standard InChI is InChI=1S/C25H19FN4O2/c1-16-8-7-13-29-22(16)28-23-18(25(29)32)14-21(30(23)15-17-9-3-2-4-10-17)24(31)27-20-12-6-5-11-19(20)26/h2-14H,15H2,1H3,(H,27,31). The Hall–Kier alpha value is -4.26. The van der Waals surface area contributed by atoms with Crippen LogP contribution in [0.4, 0.5) is 10.1 Å². The first-order chi connectivity index (χ1) is 15.5. The van der Waals surface area contributed by atoms with Gasteiger partial charge in [-0.1, -0.05) is 48.5 Å². The monoisotopic (exact) mass is 426 g/mol. The van der Waals surface area contributed by atoms with Crippen LogP contribution in [0.25, 0.3) is 16.7 Å². The number of nitrogens with zero attached hydrogens (tertiary/aromatic N) is 3. The fourth-order valence-electron chi connectivity index (χ4n) is 3.82. The van der Waals surface area contributed by atoms with Crippen molar-refractivity contribution in [2.45, 2.75) is 13.5 Å². The van der Waals surface area contributed by atoms with Gasteiger partial charge in [0, 0.05) is 12.7 Å². The molecule has 3 heterocycles. The van der Waals surface area contributed by atoms with Crippen molar-refractivity contribution in [3.05, 3.63) is 112 Å². The van der Waals surface area contributed by atoms with E-state index in [0.717, 1.165) is 11.1 Å². The molecule has 2 aromatic carbocycles. The number of rotatable bonds is 4. The summed E-state index contributed by atoms with van der Waals surface area (Å²) in [7, 11) is 0. The SMILES string of the molecule is Cc1cccn2c(=O)c3cc(C(=O)Nc4ccccc4F)n(Cc4ccccc4)c3nc12. The van der Waals surface area contributed by atoms with Gasteiger partial charge in [-0.25, -0.2) is 9.37 Å². The highest BCUT2D eigenvalue weighted by Crippen LogP contribution is 2.21. The van der Waals surface area contributed by atoms with E-state index in [1.165, 1.54) is 22.6 Å². The van der Waals surface area contributed by atoms with Crippen molar-refractivity contribution in [3.63, 3.8) is 0 Å². The van der Waals surface area contributed by atoms with Crippen LogP contribution in [-0.2, 0) is 6.54 Å². The van der Waals surface area contributed by atoms with Gasteiger partial charge in [0.1, 0.15) is 22.8 Å². The molecule has 0 spiro atoms. The van der Waals surface area contributed by atoms with E-state index in [2.05, 4.69) is 5.32 Å². The zero-order chi connectivity index (χ0) is 22.2. The van der Waals surface area contributed by atoms with Gasteiger partial charge in [0.05, 0.1) is 11.1 Å². The number of fused-ring (bicyclic) bond motifs is 2. The lowest BCUT2D eigenvalue weighted by Crippen LogP contribution is -2.19. The molecule has 0 saturated heterocycles. The van der Waals surface area contributed by atoms with Gasteiger partial charge in [-0.15, -0.1) is 0 Å². The number of carbonyl (C=O) groups is 1. The first kappa shape index (κ1) is 19.7. The number of benzene rings is 2. The smallest absolute Gasteiger partial charge is 0.272 e. The number of nitrogens with one attached hydrogen (secondary N) is 1. The average molecular weight is 426 g/mol. The predicted molar refractivity (Wildman–Crippen MR) is 122 cm³/mol. The van der Waals surface area contributed by atoms with Gasteiger partial charge >= 0.3 is 0 Å². The van der Waals surface area contributed by atoms with Crippen molar-refractivity contribution in [2.24, 2.45) is 0 Å². The van der Waals surface area contributed by atoms with Crippen LogP contribution in [0, 0.1) is 12.7 Å². The van der Waals surface area contributed by atoms with Crippen LogP contribution in [0.1, 0.15) is 21.6 Å². The summed E-state index contributed by atoms with van der Waals surface area (Å²) in [4.78, 5) is 31.1. The van der Waals surface area contributed by atoms with Crippen molar-refractivity contribution in [3.8, 4) is 0 Å². The van der Waals surface area contributed by atoms with E-state index in [1.807, 2.05) is 43.3 Å². The topological polar surface area (TPSA) is 68.4 Å². The largest absolute Gasteiger partial charge is 0.318 e. The summed E-state index contributed by atoms with van der Waals surface area (Å²) in [6.45, 7) is 2.21. The normalized spacial score (nSPS) is 11.2. The molecule has 1 amide bonds. The molecule has 158 valence electrons. The summed E-state index contributed by atoms with van der Waals surface area (Å²) in [6.07, 6.45) is 1.66. The molecule has 0 unspecified atom stereocenters. The number of para-hydroxylation sites is 1. The van der Waals surface area contributed by atoms with Crippen LogP contribution < -0.4 is 10.9 Å². The van der Waals surface area contributed by atoms with Gasteiger partial charge in [-0.2, -0.15) is 0 Å². The molecule has 0 aliphatic rings. The van der Waals surface area contributed by atoms with Crippen molar-refractivity contribution in [1.29, 1.82) is 0 Å². The van der Waals surface area contributed by atoms with Crippen LogP contribution in [0.3, 0.4) is 0 Å². The number of aryl methyl sites for hydroxylation is 1. The molecule has 3 aromatic heterocycles. The van der Waals surface area contributed by atoms with E-state index in [0.29, 0.717) is 23.2 Å². The number of aromatic nitrogens is 3. The summed E-state index contributed by atoms with van der Waals surface area (Å²) in [5.74, 6) is -1.06. The highest BCUT2D eigenvalue weighted by Gasteiger charge is 2.21. The quantitative estimate of drug-likeness (QED) is 0.463. The lowest BCUT2D eigenvalue weighted by atomic mass is 10.2. The minimum Gasteiger partial charge on any atom is -0.318 e. The number of halogens is 1. The van der Waals surface area contributed by atoms with E-state index >= 15 is 0 Å². The first-order valence-corrected chi connectivity index (χ1v) is 10.1. The Morgan fingerprint density at radius 1 is 1.00 bits per heavy atom. The van der Waals surface area contributed by atoms with Gasteiger partial charge < -0.3 is 9.88 Å². The Bertz CT molecular complexity index is 1540. The van der Waals surface area contributed by atoms with Gasteiger partial charge in [-0.3, -0.25) is 14.0 Å². The molecule has 0 aliphatic carbocycles. The van der Waals surface area contributed by atoms with Crippen molar-refractivity contribution in [2.75, 3.05) is 5.32 Å². The average Bonchev–Trinajstić information content (AvgIpc) is 3.16. The van der Waals surface area contributed by atoms with Crippen molar-refractivity contribution < 1.29 is 9.18 Å². The molecule has 0 saturated carbocycles. The molecule has 5 rings (SSSR count). The Balaban J connectivity index is 1.73. The maximum absolute atomic E-state index is 14.1. The molecular weight excluding hydrogens is 407 g/mol. The molecule has 0 fully saturated rings. The highest BCUT2D eigenvalue weighted by atomic mass is 19.1. The second kappa shape index (κ2) is 7.77. The van der Waals surface area contributed by atoms with E-state index in [9.17, 15) is 14.0 Å². The van der Waals surface area contributed by atoms with E-state index in [-0.39, 0.29) is 16.9 Å². The fraction of sp³-hybridized carbons (Fsp3) is 0.0800. The lowest BCUT2D eigenvalue weighted by Gasteiger charge is -2.12. The maximum Gasteiger partial charge on any atom is 0.272 e. The highest BCUT2D eigenvalue weighted by molar-refractivity contribution is 6.06. The zero-order valence-electron chi connectivity index (χ0n) is 17.2. The second-order valence-corrected chi connectivity index (χ2v) is 7.57. The van der Waals surface area contributed by atoms with Gasteiger partial charge in [0.15, 0.2) is 0 Å². The molecule has 0 bridgehead atoms. The lowest BCUT2D eigenvalue weighted by molar-refractivity contribution is 0.101. The number of carbonyl (C=O) groups excluding carboxylic acids is 1. The summed E-state index contributed by atoms with van der Waals surface area (Å²) in [6, 6.07) is 20.7. The third kappa shape index (κ3) is 3.33. The van der Waals surface area contributed by atoms with Crippen LogP contribution in [0.15, 0.2) is 83.8 Å². The van der Waals surface area contributed by atoms with Gasteiger partial charge in [0.25, 0.3) is 11.5 Å². The van der Waals surface area contributed by atoms with Crippen LogP contribution >= 0.6 is 0 Å². The molecule has 0 aliphatic heterocycles. The molecule has 7 heteroatoms. The number of amides is 1. The maximum atomic E-state index is 14.1. The summed E-state index contributed by atoms with van der Waals surface area (Å²) in [5.41, 5.74) is 2.75. The van der Waals surface area contributed by atoms with Gasteiger partial charge in [0.2, 0.25) is 0 Å². The Kier molecular flexibility index (Phi) is 4.78. The first-order valence-electron chi connectivity index (χ1n) is 10.1. The third-order valence-corrected chi connectivity index (χ3v) is 5.43. The minimum atomic E-state index is -0.536. The molecule has 32 heavy (non-hydrogen) atoms. The summed E-state index contributed by atoms with van der Waals surface area (Å²) >= 11 is 0. The fourth-order valence-corrected chi connectivity index (χ4v) is 3.82. The Labute approximate surface area is 182 Å². The number of hydrogen-bond acceptors (Lipinski definition) is 3. The summed E-state index contributed by atoms with van der Waals surface area (Å²) < 4.78 is 17.3. The van der Waals surface area contributed by atoms with Gasteiger partial charge in [-0.05, 0) is 42.3 Å². The van der Waals surface area contributed by atoms with Crippen LogP contribution in [-0.4, -0.2) is 19.9 Å². The van der Waals surface area contributed by atoms with Crippen molar-refractivity contribution >= 4 is 28.3 Å². The van der Waals surface area contributed by atoms with Crippen molar-refractivity contribution in [1.82, 2.24) is 14.0 Å². The third-order valence-electron chi connectivity index (χ3n) is 5.43. The summed E-state index contributed by atoms with van der Waals surface area (Å²) in [5, 5.41) is 2.94. The molecule has 0 radical (unpaired) electrons. The number of hydrogen-bond donors (Lipinski definition) is 1. The molecular formula is C25H19FN4O2. The minimum absolute atomic E-state index is 0.0692. The molecule has 6 nitrogen and oxygen atoms in total. The van der Waals surface area contributed by atoms with E-state index < -0.39 is 11.7 Å². The van der Waals surface area contributed by atoms with Crippen LogP contribution in [0.5, 0.6) is 0 Å².